The van der Waals surface area contributed by atoms with Crippen LogP contribution in [-0.2, 0) is 4.79 Å². The van der Waals surface area contributed by atoms with Gasteiger partial charge >= 0.3 is 5.76 Å². The van der Waals surface area contributed by atoms with Crippen LogP contribution in [-0.4, -0.2) is 21.4 Å². The number of nitrogens with one attached hydrogen (secondary N) is 2. The van der Waals surface area contributed by atoms with Crippen LogP contribution in [0.2, 0.25) is 0 Å². The molecule has 2 aromatic rings. The molecule has 19 heavy (non-hydrogen) atoms. The van der Waals surface area contributed by atoms with Gasteiger partial charge in [0.2, 0.25) is 5.91 Å². The Morgan fingerprint density at radius 2 is 2.16 bits per heavy atom. The molecule has 102 valence electrons. The minimum Gasteiger partial charge on any atom is -0.408 e. The number of hydrogen-bond donors (Lipinski definition) is 2. The summed E-state index contributed by atoms with van der Waals surface area (Å²) < 4.78 is 4.94. The molecule has 1 heterocycles. The van der Waals surface area contributed by atoms with Crippen molar-refractivity contribution in [1.82, 2.24) is 4.98 Å². The molecule has 0 saturated carbocycles. The molecule has 6 heteroatoms. The van der Waals surface area contributed by atoms with E-state index >= 15 is 0 Å². The minimum absolute atomic E-state index is 0.0527. The third-order valence-electron chi connectivity index (χ3n) is 2.34. The molecule has 0 radical (unpaired) electrons. The van der Waals surface area contributed by atoms with Gasteiger partial charge in [-0.3, -0.25) is 9.78 Å². The number of rotatable bonds is 3. The van der Waals surface area contributed by atoms with Crippen LogP contribution >= 0.6 is 11.8 Å². The Kier molecular flexibility index (Phi) is 3.71. The number of carbonyl (C=O) groups excluding carboxylic acids is 1. The van der Waals surface area contributed by atoms with E-state index in [1.807, 2.05) is 0 Å². The summed E-state index contributed by atoms with van der Waals surface area (Å²) in [5.74, 6) is -0.171. The van der Waals surface area contributed by atoms with Gasteiger partial charge in [0.05, 0.1) is 11.3 Å². The lowest BCUT2D eigenvalue weighted by molar-refractivity contribution is -0.113. The maximum Gasteiger partial charge on any atom is 0.417 e. The SMILES string of the molecule is CC(C)(C)SCC(=O)Nc1ccc2oc(=O)[nH]c2c1. The van der Waals surface area contributed by atoms with Crippen molar-refractivity contribution in [3.8, 4) is 0 Å². The lowest BCUT2D eigenvalue weighted by Crippen LogP contribution is -2.18. The van der Waals surface area contributed by atoms with E-state index in [1.165, 1.54) is 0 Å². The van der Waals surface area contributed by atoms with Gasteiger partial charge in [-0.15, -0.1) is 11.8 Å². The number of amides is 1. The minimum atomic E-state index is -0.498. The number of H-pyrrole nitrogens is 1. The maximum absolute atomic E-state index is 11.8. The molecule has 0 aliphatic rings. The number of oxazole rings is 1. The Bertz CT molecular complexity index is 652. The van der Waals surface area contributed by atoms with Crippen LogP contribution in [0.3, 0.4) is 0 Å². The molecule has 0 atom stereocenters. The first-order valence-corrected chi connectivity index (χ1v) is 6.89. The fraction of sp³-hybridized carbons (Fsp3) is 0.385. The van der Waals surface area contributed by atoms with Crippen molar-refractivity contribution in [1.29, 1.82) is 0 Å². The summed E-state index contributed by atoms with van der Waals surface area (Å²) in [4.78, 5) is 25.3. The van der Waals surface area contributed by atoms with Crippen LogP contribution in [0.5, 0.6) is 0 Å². The fourth-order valence-electron chi connectivity index (χ4n) is 1.51. The average molecular weight is 280 g/mol. The zero-order valence-electron chi connectivity index (χ0n) is 11.1. The highest BCUT2D eigenvalue weighted by Crippen LogP contribution is 2.23. The fourth-order valence-corrected chi connectivity index (χ4v) is 2.15. The number of aromatic nitrogens is 1. The first kappa shape index (κ1) is 13.7. The van der Waals surface area contributed by atoms with Gasteiger partial charge in [0, 0.05) is 10.4 Å². The highest BCUT2D eigenvalue weighted by Gasteiger charge is 2.13. The Hall–Kier alpha value is -1.69. The summed E-state index contributed by atoms with van der Waals surface area (Å²) in [6.45, 7) is 6.19. The molecule has 0 bridgehead atoms. The largest absolute Gasteiger partial charge is 0.417 e. The molecule has 0 aliphatic carbocycles. The quantitative estimate of drug-likeness (QED) is 0.906. The summed E-state index contributed by atoms with van der Waals surface area (Å²) in [7, 11) is 0. The molecule has 1 aromatic heterocycles. The van der Waals surface area contributed by atoms with Gasteiger partial charge in [-0.05, 0) is 18.2 Å². The van der Waals surface area contributed by atoms with Crippen molar-refractivity contribution in [2.24, 2.45) is 0 Å². The van der Waals surface area contributed by atoms with E-state index in [-0.39, 0.29) is 10.7 Å². The van der Waals surface area contributed by atoms with Crippen molar-refractivity contribution >= 4 is 34.5 Å². The molecule has 0 saturated heterocycles. The van der Waals surface area contributed by atoms with Crippen LogP contribution in [0.25, 0.3) is 11.1 Å². The summed E-state index contributed by atoms with van der Waals surface area (Å²) in [6.07, 6.45) is 0. The van der Waals surface area contributed by atoms with E-state index in [0.717, 1.165) is 0 Å². The topological polar surface area (TPSA) is 75.1 Å². The number of aromatic amines is 1. The van der Waals surface area contributed by atoms with Gasteiger partial charge in [0.25, 0.3) is 0 Å². The van der Waals surface area contributed by atoms with Gasteiger partial charge < -0.3 is 9.73 Å². The predicted molar refractivity (Wildman–Crippen MR) is 77.7 cm³/mol. The number of carbonyl (C=O) groups is 1. The van der Waals surface area contributed by atoms with Crippen LogP contribution in [0.1, 0.15) is 20.8 Å². The van der Waals surface area contributed by atoms with E-state index in [0.29, 0.717) is 22.5 Å². The van der Waals surface area contributed by atoms with Gasteiger partial charge in [-0.2, -0.15) is 0 Å². The van der Waals surface area contributed by atoms with Gasteiger partial charge in [-0.1, -0.05) is 20.8 Å². The monoisotopic (exact) mass is 280 g/mol. The second-order valence-electron chi connectivity index (χ2n) is 5.17. The van der Waals surface area contributed by atoms with E-state index in [1.54, 1.807) is 30.0 Å². The average Bonchev–Trinajstić information content (AvgIpc) is 2.65. The number of fused-ring (bicyclic) bond motifs is 1. The lowest BCUT2D eigenvalue weighted by atomic mass is 10.3. The van der Waals surface area contributed by atoms with Gasteiger partial charge in [0.1, 0.15) is 0 Å². The molecular formula is C13H16N2O3S. The number of hydrogen-bond acceptors (Lipinski definition) is 4. The third-order valence-corrected chi connectivity index (χ3v) is 3.61. The first-order valence-electron chi connectivity index (χ1n) is 5.90. The maximum atomic E-state index is 11.8. The molecule has 2 rings (SSSR count). The van der Waals surface area contributed by atoms with Gasteiger partial charge in [0.15, 0.2) is 5.58 Å². The standard InChI is InChI=1S/C13H16N2O3S/c1-13(2,3)19-7-11(16)14-8-4-5-10-9(6-8)15-12(17)18-10/h4-6H,7H2,1-3H3,(H,14,16)(H,15,17). The Morgan fingerprint density at radius 3 is 2.84 bits per heavy atom. The zero-order chi connectivity index (χ0) is 14.0. The third kappa shape index (κ3) is 3.89. The number of benzene rings is 1. The summed E-state index contributed by atoms with van der Waals surface area (Å²) in [5.41, 5.74) is 1.70. The van der Waals surface area contributed by atoms with E-state index in [4.69, 9.17) is 4.42 Å². The molecule has 1 amide bonds. The van der Waals surface area contributed by atoms with Crippen molar-refractivity contribution in [3.05, 3.63) is 28.7 Å². The van der Waals surface area contributed by atoms with Crippen molar-refractivity contribution in [3.63, 3.8) is 0 Å². The van der Waals surface area contributed by atoms with Crippen LogP contribution in [0.4, 0.5) is 5.69 Å². The van der Waals surface area contributed by atoms with Crippen molar-refractivity contribution in [2.45, 2.75) is 25.5 Å². The first-order chi connectivity index (χ1) is 8.83. The normalized spacial score (nSPS) is 11.7. The molecule has 0 fully saturated rings. The second kappa shape index (κ2) is 5.13. The lowest BCUT2D eigenvalue weighted by Gasteiger charge is -2.16. The van der Waals surface area contributed by atoms with Crippen molar-refractivity contribution < 1.29 is 9.21 Å². The summed E-state index contributed by atoms with van der Waals surface area (Å²) in [5, 5.41) is 2.79. The van der Waals surface area contributed by atoms with Crippen LogP contribution in [0.15, 0.2) is 27.4 Å². The molecule has 5 nitrogen and oxygen atoms in total. The molecule has 0 unspecified atom stereocenters. The van der Waals surface area contributed by atoms with Gasteiger partial charge in [-0.25, -0.2) is 4.79 Å². The van der Waals surface area contributed by atoms with E-state index < -0.39 is 5.76 Å². The molecule has 0 spiro atoms. The van der Waals surface area contributed by atoms with Crippen LogP contribution < -0.4 is 11.1 Å². The highest BCUT2D eigenvalue weighted by atomic mass is 32.2. The smallest absolute Gasteiger partial charge is 0.408 e. The van der Waals surface area contributed by atoms with E-state index in [2.05, 4.69) is 31.1 Å². The number of thioether (sulfide) groups is 1. The second-order valence-corrected chi connectivity index (χ2v) is 6.98. The summed E-state index contributed by atoms with van der Waals surface area (Å²) >= 11 is 1.58. The molecule has 1 aromatic carbocycles. The molecule has 2 N–H and O–H groups in total. The van der Waals surface area contributed by atoms with Crippen LogP contribution in [0, 0.1) is 0 Å². The Labute approximate surface area is 114 Å². The Morgan fingerprint density at radius 1 is 1.42 bits per heavy atom. The Balaban J connectivity index is 2.04. The molecular weight excluding hydrogens is 264 g/mol. The summed E-state index contributed by atoms with van der Waals surface area (Å²) in [6, 6.07) is 5.04. The van der Waals surface area contributed by atoms with E-state index in [9.17, 15) is 9.59 Å². The highest BCUT2D eigenvalue weighted by molar-refractivity contribution is 8.01. The predicted octanol–water partition coefficient (Wildman–Crippen LogP) is 2.59. The number of anilines is 1. The zero-order valence-corrected chi connectivity index (χ0v) is 11.9. The van der Waals surface area contributed by atoms with Crippen molar-refractivity contribution in [2.75, 3.05) is 11.1 Å². The molecule has 0 aliphatic heterocycles.